The number of nitrogens with one attached hydrogen (secondary N) is 1. The van der Waals surface area contributed by atoms with Crippen LogP contribution in [0.15, 0.2) is 0 Å². The van der Waals surface area contributed by atoms with Crippen LogP contribution in [-0.2, 0) is 9.59 Å². The standard InChI is InChI=1S/C12H22N2O3/c1-4-13-11(15)9(3)14-7-5-6-8(2)10(14)12(16)17/h8-10H,4-7H2,1-3H3,(H,13,15)(H,16,17). The van der Waals surface area contributed by atoms with Crippen molar-refractivity contribution in [2.24, 2.45) is 5.92 Å². The molecule has 0 aromatic rings. The molecule has 2 N–H and O–H groups in total. The Kier molecular flexibility index (Phi) is 4.93. The fourth-order valence-corrected chi connectivity index (χ4v) is 2.51. The van der Waals surface area contributed by atoms with Crippen LogP contribution < -0.4 is 5.32 Å². The molecule has 1 fully saturated rings. The molecule has 5 nitrogen and oxygen atoms in total. The zero-order valence-electron chi connectivity index (χ0n) is 10.8. The lowest BCUT2D eigenvalue weighted by molar-refractivity contribution is -0.149. The monoisotopic (exact) mass is 242 g/mol. The van der Waals surface area contributed by atoms with Gasteiger partial charge in [-0.05, 0) is 39.2 Å². The number of hydrogen-bond donors (Lipinski definition) is 2. The van der Waals surface area contributed by atoms with E-state index in [-0.39, 0.29) is 17.9 Å². The van der Waals surface area contributed by atoms with Crippen LogP contribution in [0.2, 0.25) is 0 Å². The lowest BCUT2D eigenvalue weighted by Gasteiger charge is -2.40. The molecule has 0 saturated carbocycles. The number of amides is 1. The quantitative estimate of drug-likeness (QED) is 0.761. The Labute approximate surface area is 102 Å². The fourth-order valence-electron chi connectivity index (χ4n) is 2.51. The van der Waals surface area contributed by atoms with Gasteiger partial charge < -0.3 is 10.4 Å². The molecule has 1 saturated heterocycles. The second-order valence-electron chi connectivity index (χ2n) is 4.71. The average Bonchev–Trinajstić information content (AvgIpc) is 2.27. The highest BCUT2D eigenvalue weighted by Gasteiger charge is 2.38. The van der Waals surface area contributed by atoms with E-state index in [0.717, 1.165) is 12.8 Å². The normalized spacial score (nSPS) is 27.5. The van der Waals surface area contributed by atoms with Crippen molar-refractivity contribution in [3.63, 3.8) is 0 Å². The zero-order chi connectivity index (χ0) is 13.0. The molecule has 1 amide bonds. The van der Waals surface area contributed by atoms with E-state index in [4.69, 9.17) is 0 Å². The first-order valence-corrected chi connectivity index (χ1v) is 6.25. The van der Waals surface area contributed by atoms with Crippen LogP contribution in [0.4, 0.5) is 0 Å². The number of hydrogen-bond acceptors (Lipinski definition) is 3. The van der Waals surface area contributed by atoms with Crippen LogP contribution in [0.1, 0.15) is 33.6 Å². The van der Waals surface area contributed by atoms with E-state index < -0.39 is 12.0 Å². The molecule has 0 aromatic carbocycles. The molecule has 17 heavy (non-hydrogen) atoms. The van der Waals surface area contributed by atoms with Crippen molar-refractivity contribution in [3.05, 3.63) is 0 Å². The second-order valence-corrected chi connectivity index (χ2v) is 4.71. The number of carboxylic acids is 1. The molecule has 0 radical (unpaired) electrons. The summed E-state index contributed by atoms with van der Waals surface area (Å²) >= 11 is 0. The van der Waals surface area contributed by atoms with Gasteiger partial charge in [-0.15, -0.1) is 0 Å². The first-order valence-electron chi connectivity index (χ1n) is 6.25. The number of nitrogens with zero attached hydrogens (tertiary/aromatic N) is 1. The summed E-state index contributed by atoms with van der Waals surface area (Å²) in [6, 6.07) is -0.917. The lowest BCUT2D eigenvalue weighted by atomic mass is 9.89. The second kappa shape index (κ2) is 6.00. The summed E-state index contributed by atoms with van der Waals surface area (Å²) in [6.07, 6.45) is 1.87. The van der Waals surface area contributed by atoms with Crippen LogP contribution in [0.3, 0.4) is 0 Å². The molecule has 1 rings (SSSR count). The molecule has 1 aliphatic rings. The van der Waals surface area contributed by atoms with Crippen molar-refractivity contribution in [1.29, 1.82) is 0 Å². The Morgan fingerprint density at radius 3 is 2.71 bits per heavy atom. The van der Waals surface area contributed by atoms with Gasteiger partial charge in [0.2, 0.25) is 5.91 Å². The van der Waals surface area contributed by atoms with Gasteiger partial charge in [0.25, 0.3) is 0 Å². The van der Waals surface area contributed by atoms with E-state index in [1.165, 1.54) is 0 Å². The van der Waals surface area contributed by atoms with Crippen molar-refractivity contribution in [2.75, 3.05) is 13.1 Å². The lowest BCUT2D eigenvalue weighted by Crippen LogP contribution is -2.56. The van der Waals surface area contributed by atoms with Crippen LogP contribution in [0.5, 0.6) is 0 Å². The highest BCUT2D eigenvalue weighted by Crippen LogP contribution is 2.25. The molecule has 0 spiro atoms. The van der Waals surface area contributed by atoms with Crippen molar-refractivity contribution in [3.8, 4) is 0 Å². The molecule has 1 heterocycles. The number of likely N-dealkylation sites (tertiary alicyclic amines) is 1. The number of likely N-dealkylation sites (N-methyl/N-ethyl adjacent to an activating group) is 1. The Hall–Kier alpha value is -1.10. The van der Waals surface area contributed by atoms with Crippen LogP contribution in [-0.4, -0.2) is 47.1 Å². The summed E-state index contributed by atoms with van der Waals surface area (Å²) in [5.74, 6) is -0.820. The molecule has 3 atom stereocenters. The minimum atomic E-state index is -0.826. The van der Waals surface area contributed by atoms with Gasteiger partial charge >= 0.3 is 5.97 Å². The third-order valence-corrected chi connectivity index (χ3v) is 3.45. The first kappa shape index (κ1) is 14.0. The van der Waals surface area contributed by atoms with Crippen LogP contribution in [0, 0.1) is 5.92 Å². The molecular formula is C12H22N2O3. The molecule has 1 aliphatic heterocycles. The highest BCUT2D eigenvalue weighted by atomic mass is 16.4. The molecule has 3 unspecified atom stereocenters. The maximum Gasteiger partial charge on any atom is 0.321 e. The highest BCUT2D eigenvalue weighted by molar-refractivity contribution is 5.82. The average molecular weight is 242 g/mol. The summed E-state index contributed by atoms with van der Waals surface area (Å²) in [4.78, 5) is 24.9. The summed E-state index contributed by atoms with van der Waals surface area (Å²) in [6.45, 7) is 6.83. The minimum Gasteiger partial charge on any atom is -0.480 e. The maximum absolute atomic E-state index is 11.8. The van der Waals surface area contributed by atoms with E-state index >= 15 is 0 Å². The van der Waals surface area contributed by atoms with E-state index in [0.29, 0.717) is 13.1 Å². The Morgan fingerprint density at radius 1 is 1.53 bits per heavy atom. The Balaban J connectivity index is 2.78. The number of piperidine rings is 1. The zero-order valence-corrected chi connectivity index (χ0v) is 10.8. The molecule has 0 bridgehead atoms. The third kappa shape index (κ3) is 3.19. The number of rotatable bonds is 4. The number of carboxylic acid groups (broad SMARTS) is 1. The smallest absolute Gasteiger partial charge is 0.321 e. The van der Waals surface area contributed by atoms with E-state index in [9.17, 15) is 14.7 Å². The van der Waals surface area contributed by atoms with Crippen molar-refractivity contribution >= 4 is 11.9 Å². The molecule has 5 heteroatoms. The van der Waals surface area contributed by atoms with Gasteiger partial charge in [0, 0.05) is 6.54 Å². The van der Waals surface area contributed by atoms with Gasteiger partial charge in [-0.2, -0.15) is 0 Å². The Bertz CT molecular complexity index is 293. The first-order chi connectivity index (χ1) is 7.99. The SMILES string of the molecule is CCNC(=O)C(C)N1CCCC(C)C1C(=O)O. The van der Waals surface area contributed by atoms with E-state index in [2.05, 4.69) is 5.32 Å². The fraction of sp³-hybridized carbons (Fsp3) is 0.833. The molecule has 0 aromatic heterocycles. The predicted molar refractivity (Wildman–Crippen MR) is 64.7 cm³/mol. The largest absolute Gasteiger partial charge is 0.480 e. The van der Waals surface area contributed by atoms with Crippen molar-refractivity contribution in [1.82, 2.24) is 10.2 Å². The van der Waals surface area contributed by atoms with Gasteiger partial charge in [0.1, 0.15) is 6.04 Å². The number of carbonyl (C=O) groups is 2. The van der Waals surface area contributed by atoms with Crippen LogP contribution in [0.25, 0.3) is 0 Å². The van der Waals surface area contributed by atoms with Gasteiger partial charge in [-0.25, -0.2) is 0 Å². The predicted octanol–water partition coefficient (Wildman–Crippen LogP) is 0.696. The topological polar surface area (TPSA) is 69.6 Å². The van der Waals surface area contributed by atoms with Gasteiger partial charge in [0.15, 0.2) is 0 Å². The molecular weight excluding hydrogens is 220 g/mol. The molecule has 98 valence electrons. The van der Waals surface area contributed by atoms with Crippen molar-refractivity contribution < 1.29 is 14.7 Å². The maximum atomic E-state index is 11.8. The van der Waals surface area contributed by atoms with Gasteiger partial charge in [0.05, 0.1) is 6.04 Å². The summed E-state index contributed by atoms with van der Waals surface area (Å²) in [7, 11) is 0. The Morgan fingerprint density at radius 2 is 2.18 bits per heavy atom. The number of aliphatic carboxylic acids is 1. The van der Waals surface area contributed by atoms with E-state index in [1.54, 1.807) is 6.92 Å². The third-order valence-electron chi connectivity index (χ3n) is 3.45. The molecule has 0 aliphatic carbocycles. The minimum absolute atomic E-state index is 0.0900. The van der Waals surface area contributed by atoms with Gasteiger partial charge in [-0.3, -0.25) is 14.5 Å². The van der Waals surface area contributed by atoms with Crippen molar-refractivity contribution in [2.45, 2.75) is 45.7 Å². The summed E-state index contributed by atoms with van der Waals surface area (Å²) in [5.41, 5.74) is 0. The summed E-state index contributed by atoms with van der Waals surface area (Å²) in [5, 5.41) is 12.0. The van der Waals surface area contributed by atoms with Gasteiger partial charge in [-0.1, -0.05) is 6.92 Å². The summed E-state index contributed by atoms with van der Waals surface area (Å²) < 4.78 is 0. The number of carbonyl (C=O) groups excluding carboxylic acids is 1. The van der Waals surface area contributed by atoms with Crippen LogP contribution >= 0.6 is 0 Å². The van der Waals surface area contributed by atoms with E-state index in [1.807, 2.05) is 18.7 Å².